The minimum atomic E-state index is -0.683. The number of fused-ring (bicyclic) bond motifs is 2. The molecule has 4 rings (SSSR count). The number of likely N-dealkylation sites (tertiary alicyclic amines) is 1. The number of rotatable bonds is 7. The zero-order chi connectivity index (χ0) is 20.9. The lowest BCUT2D eigenvalue weighted by Crippen LogP contribution is -2.40. The van der Waals surface area contributed by atoms with Gasteiger partial charge in [0, 0.05) is 36.0 Å². The molecule has 1 N–H and O–H groups in total. The minimum Gasteiger partial charge on any atom is -0.481 e. The molecule has 6 heteroatoms. The van der Waals surface area contributed by atoms with Gasteiger partial charge in [0.15, 0.2) is 0 Å². The summed E-state index contributed by atoms with van der Waals surface area (Å²) in [4.78, 5) is 15.8. The number of ether oxygens (including phenoxy) is 1. The van der Waals surface area contributed by atoms with E-state index in [1.807, 2.05) is 6.07 Å². The smallest absolute Gasteiger partial charge is 0.307 e. The van der Waals surface area contributed by atoms with Gasteiger partial charge in [0.05, 0.1) is 19.1 Å². The monoisotopic (exact) mass is 428 g/mol. The van der Waals surface area contributed by atoms with Crippen LogP contribution in [0.2, 0.25) is 5.02 Å². The first-order valence-corrected chi connectivity index (χ1v) is 11.2. The summed E-state index contributed by atoms with van der Waals surface area (Å²) in [6.45, 7) is 4.34. The second kappa shape index (κ2) is 9.82. The first-order chi connectivity index (χ1) is 14.6. The fourth-order valence-electron chi connectivity index (χ4n) is 4.54. The number of anilines is 2. The fourth-order valence-corrected chi connectivity index (χ4v) is 4.70. The number of carboxylic acids is 1. The van der Waals surface area contributed by atoms with Crippen LogP contribution in [0.25, 0.3) is 0 Å². The van der Waals surface area contributed by atoms with Crippen LogP contribution in [0.5, 0.6) is 0 Å². The number of nitrogens with zero attached hydrogens (tertiary/aromatic N) is 2. The number of para-hydroxylation sites is 1. The number of carbonyl (C=O) groups is 1. The molecule has 2 heterocycles. The summed E-state index contributed by atoms with van der Waals surface area (Å²) in [5, 5.41) is 9.99. The first-order valence-electron chi connectivity index (χ1n) is 10.8. The lowest BCUT2D eigenvalue weighted by molar-refractivity contribution is -0.143. The van der Waals surface area contributed by atoms with Gasteiger partial charge >= 0.3 is 5.97 Å². The molecule has 0 bridgehead atoms. The number of carboxylic acid groups (broad SMARTS) is 1. The lowest BCUT2D eigenvalue weighted by Gasteiger charge is -2.30. The van der Waals surface area contributed by atoms with Crippen molar-refractivity contribution < 1.29 is 14.6 Å². The Morgan fingerprint density at radius 3 is 2.67 bits per heavy atom. The van der Waals surface area contributed by atoms with Crippen molar-refractivity contribution in [3.8, 4) is 0 Å². The summed E-state index contributed by atoms with van der Waals surface area (Å²) in [5.41, 5.74) is 5.04. The highest BCUT2D eigenvalue weighted by molar-refractivity contribution is 6.30. The van der Waals surface area contributed by atoms with Crippen LogP contribution in [-0.4, -0.2) is 55.4 Å². The third-order valence-corrected chi connectivity index (χ3v) is 6.39. The molecule has 1 saturated heterocycles. The standard InChI is InChI=1S/C24H29ClN2O3/c25-21-10-9-19-8-7-18-4-1-2-6-22(18)27(23(19)16-21)13-15-30-14-12-26-11-3-5-20(17-26)24(28)29/h1-2,4,6,9-10,16,20H,3,5,7-8,11-15,17H2,(H,28,29)/t20-/m1/s1. The number of aliphatic carboxylic acids is 1. The highest BCUT2D eigenvalue weighted by Crippen LogP contribution is 2.37. The molecule has 2 aliphatic rings. The fraction of sp³-hybridized carbons (Fsp3) is 0.458. The number of piperidine rings is 1. The van der Waals surface area contributed by atoms with Gasteiger partial charge in [-0.25, -0.2) is 0 Å². The molecule has 0 saturated carbocycles. The van der Waals surface area contributed by atoms with Crippen LogP contribution in [0, 0.1) is 5.92 Å². The molecule has 0 aromatic heterocycles. The summed E-state index contributed by atoms with van der Waals surface area (Å²) < 4.78 is 5.97. The van der Waals surface area contributed by atoms with Gasteiger partial charge in [0.2, 0.25) is 0 Å². The molecule has 2 aromatic rings. The maximum Gasteiger partial charge on any atom is 0.307 e. The van der Waals surface area contributed by atoms with E-state index in [4.69, 9.17) is 16.3 Å². The van der Waals surface area contributed by atoms with E-state index < -0.39 is 5.97 Å². The maximum atomic E-state index is 11.2. The molecular formula is C24H29ClN2O3. The lowest BCUT2D eigenvalue weighted by atomic mass is 9.98. The van der Waals surface area contributed by atoms with E-state index in [0.717, 1.165) is 56.0 Å². The number of hydrogen-bond donors (Lipinski definition) is 1. The van der Waals surface area contributed by atoms with Gasteiger partial charge in [-0.1, -0.05) is 35.9 Å². The van der Waals surface area contributed by atoms with Crippen LogP contribution in [-0.2, 0) is 22.4 Å². The molecular weight excluding hydrogens is 400 g/mol. The van der Waals surface area contributed by atoms with Crippen molar-refractivity contribution in [3.05, 3.63) is 58.6 Å². The second-order valence-corrected chi connectivity index (χ2v) is 8.58. The molecule has 0 amide bonds. The van der Waals surface area contributed by atoms with E-state index in [1.54, 1.807) is 0 Å². The van der Waals surface area contributed by atoms with E-state index in [1.165, 1.54) is 16.8 Å². The molecule has 5 nitrogen and oxygen atoms in total. The Labute approximate surface area is 183 Å². The predicted octanol–water partition coefficient (Wildman–Crippen LogP) is 4.39. The average molecular weight is 429 g/mol. The summed E-state index contributed by atoms with van der Waals surface area (Å²) in [6.07, 6.45) is 3.74. The molecule has 1 fully saturated rings. The van der Waals surface area contributed by atoms with E-state index >= 15 is 0 Å². The Hall–Kier alpha value is -2.08. The number of hydrogen-bond acceptors (Lipinski definition) is 4. The number of halogens is 1. The van der Waals surface area contributed by atoms with Crippen LogP contribution in [0.1, 0.15) is 24.0 Å². The van der Waals surface area contributed by atoms with Crippen molar-refractivity contribution in [1.82, 2.24) is 4.90 Å². The van der Waals surface area contributed by atoms with Crippen LogP contribution in [0.4, 0.5) is 11.4 Å². The highest BCUT2D eigenvalue weighted by atomic mass is 35.5. The van der Waals surface area contributed by atoms with Crippen molar-refractivity contribution in [2.24, 2.45) is 5.92 Å². The van der Waals surface area contributed by atoms with Crippen LogP contribution in [0.15, 0.2) is 42.5 Å². The van der Waals surface area contributed by atoms with Crippen LogP contribution in [0.3, 0.4) is 0 Å². The average Bonchev–Trinajstić information content (AvgIpc) is 2.90. The third kappa shape index (κ3) is 4.97. The van der Waals surface area contributed by atoms with Crippen molar-refractivity contribution in [2.45, 2.75) is 25.7 Å². The van der Waals surface area contributed by atoms with Gasteiger partial charge in [-0.05, 0) is 61.6 Å². The van der Waals surface area contributed by atoms with Crippen LogP contribution >= 0.6 is 11.6 Å². The van der Waals surface area contributed by atoms with Gasteiger partial charge in [-0.15, -0.1) is 0 Å². The highest BCUT2D eigenvalue weighted by Gasteiger charge is 2.25. The SMILES string of the molecule is O=C(O)[C@@H]1CCCN(CCOCCN2c3ccccc3CCc3ccc(Cl)cc32)C1. The molecule has 0 spiro atoms. The van der Waals surface area contributed by atoms with Crippen molar-refractivity contribution in [3.63, 3.8) is 0 Å². The molecule has 2 aliphatic heterocycles. The Morgan fingerprint density at radius 1 is 1.07 bits per heavy atom. The summed E-state index contributed by atoms with van der Waals surface area (Å²) in [6, 6.07) is 14.7. The van der Waals surface area contributed by atoms with Gasteiger partial charge in [0.1, 0.15) is 0 Å². The Balaban J connectivity index is 1.36. The van der Waals surface area contributed by atoms with Crippen molar-refractivity contribution in [2.75, 3.05) is 44.3 Å². The number of aryl methyl sites for hydroxylation is 2. The maximum absolute atomic E-state index is 11.2. The summed E-state index contributed by atoms with van der Waals surface area (Å²) in [7, 11) is 0. The van der Waals surface area contributed by atoms with Gasteiger partial charge < -0.3 is 19.6 Å². The molecule has 0 radical (unpaired) electrons. The zero-order valence-electron chi connectivity index (χ0n) is 17.2. The van der Waals surface area contributed by atoms with Crippen molar-refractivity contribution >= 4 is 28.9 Å². The first kappa shape index (κ1) is 21.2. The molecule has 0 aliphatic carbocycles. The Bertz CT molecular complexity index is 889. The van der Waals surface area contributed by atoms with E-state index in [9.17, 15) is 9.90 Å². The van der Waals surface area contributed by atoms with Gasteiger partial charge in [-0.2, -0.15) is 0 Å². The van der Waals surface area contributed by atoms with Crippen molar-refractivity contribution in [1.29, 1.82) is 0 Å². The summed E-state index contributed by atoms with van der Waals surface area (Å²) >= 11 is 6.32. The molecule has 160 valence electrons. The largest absolute Gasteiger partial charge is 0.481 e. The quantitative estimate of drug-likeness (QED) is 0.663. The topological polar surface area (TPSA) is 53.0 Å². The van der Waals surface area contributed by atoms with Gasteiger partial charge in [-0.3, -0.25) is 4.79 Å². The van der Waals surface area contributed by atoms with E-state index in [-0.39, 0.29) is 5.92 Å². The van der Waals surface area contributed by atoms with E-state index in [0.29, 0.717) is 19.8 Å². The van der Waals surface area contributed by atoms with Crippen LogP contribution < -0.4 is 4.90 Å². The molecule has 1 atom stereocenters. The summed E-state index contributed by atoms with van der Waals surface area (Å²) in [5.74, 6) is -0.925. The molecule has 2 aromatic carbocycles. The second-order valence-electron chi connectivity index (χ2n) is 8.14. The number of benzene rings is 2. The molecule has 0 unspecified atom stereocenters. The zero-order valence-corrected chi connectivity index (χ0v) is 18.0. The molecule has 30 heavy (non-hydrogen) atoms. The Kier molecular flexibility index (Phi) is 6.93. The minimum absolute atomic E-state index is 0.242. The predicted molar refractivity (Wildman–Crippen MR) is 120 cm³/mol. The van der Waals surface area contributed by atoms with E-state index in [2.05, 4.69) is 46.2 Å². The van der Waals surface area contributed by atoms with Gasteiger partial charge in [0.25, 0.3) is 0 Å². The third-order valence-electron chi connectivity index (χ3n) is 6.15. The Morgan fingerprint density at radius 2 is 1.83 bits per heavy atom. The normalized spacial score (nSPS) is 19.1.